The van der Waals surface area contributed by atoms with E-state index < -0.39 is 0 Å². The third-order valence-corrected chi connectivity index (χ3v) is 2.92. The fourth-order valence-electron chi connectivity index (χ4n) is 1.73. The molecule has 0 fully saturated rings. The van der Waals surface area contributed by atoms with Crippen LogP contribution in [0, 0.1) is 10.6 Å². The van der Waals surface area contributed by atoms with E-state index in [1.807, 2.05) is 10.6 Å². The lowest BCUT2D eigenvalue weighted by Gasteiger charge is -2.06. The zero-order valence-electron chi connectivity index (χ0n) is 10.0. The second-order valence-corrected chi connectivity index (χ2v) is 4.28. The summed E-state index contributed by atoms with van der Waals surface area (Å²) < 4.78 is 20.5. The van der Waals surface area contributed by atoms with E-state index in [1.165, 1.54) is 12.1 Å². The summed E-state index contributed by atoms with van der Waals surface area (Å²) in [6.45, 7) is 1.19. The molecule has 4 nitrogen and oxygen atoms in total. The van der Waals surface area contributed by atoms with Crippen LogP contribution in [0.3, 0.4) is 0 Å². The Morgan fingerprint density at radius 2 is 2.33 bits per heavy atom. The maximum absolute atomic E-state index is 13.1. The van der Waals surface area contributed by atoms with Crippen molar-refractivity contribution in [1.29, 1.82) is 0 Å². The largest absolute Gasteiger partial charge is 0.383 e. The fraction of sp³-hybridized carbons (Fsp3) is 0.333. The molecule has 0 aliphatic carbocycles. The predicted molar refractivity (Wildman–Crippen MR) is 68.5 cm³/mol. The summed E-state index contributed by atoms with van der Waals surface area (Å²) in [5.74, 6) is 0.535. The van der Waals surface area contributed by atoms with Crippen molar-refractivity contribution in [2.24, 2.45) is 0 Å². The van der Waals surface area contributed by atoms with Gasteiger partial charge in [0.2, 0.25) is 0 Å². The molecule has 1 aromatic carbocycles. The van der Waals surface area contributed by atoms with E-state index in [4.69, 9.17) is 17.0 Å². The number of aromatic nitrogens is 3. The number of methoxy groups -OCH3 is 1. The van der Waals surface area contributed by atoms with Gasteiger partial charge in [-0.25, -0.2) is 4.39 Å². The summed E-state index contributed by atoms with van der Waals surface area (Å²) in [5.41, 5.74) is 0.864. The molecule has 0 unspecified atom stereocenters. The number of nitrogens with one attached hydrogen (secondary N) is 1. The van der Waals surface area contributed by atoms with Crippen molar-refractivity contribution in [2.45, 2.75) is 13.0 Å². The zero-order chi connectivity index (χ0) is 13.0. The molecule has 0 saturated carbocycles. The number of nitrogens with zero attached hydrogens (tertiary/aromatic N) is 2. The first-order valence-electron chi connectivity index (χ1n) is 5.58. The van der Waals surface area contributed by atoms with Crippen LogP contribution in [0.5, 0.6) is 0 Å². The molecular formula is C12H14FN3OS. The molecule has 0 aliphatic rings. The average molecular weight is 267 g/mol. The van der Waals surface area contributed by atoms with E-state index in [0.717, 1.165) is 11.4 Å². The molecule has 18 heavy (non-hydrogen) atoms. The van der Waals surface area contributed by atoms with Crippen molar-refractivity contribution >= 4 is 12.2 Å². The first-order chi connectivity index (χ1) is 8.70. The highest BCUT2D eigenvalue weighted by Gasteiger charge is 2.07. The quantitative estimate of drug-likeness (QED) is 0.845. The molecule has 96 valence electrons. The molecular weight excluding hydrogens is 253 g/mol. The van der Waals surface area contributed by atoms with Crippen LogP contribution < -0.4 is 0 Å². The van der Waals surface area contributed by atoms with Crippen molar-refractivity contribution in [3.8, 4) is 0 Å². The van der Waals surface area contributed by atoms with Crippen molar-refractivity contribution in [3.05, 3.63) is 46.2 Å². The molecule has 1 aromatic heterocycles. The highest BCUT2D eigenvalue weighted by atomic mass is 32.1. The normalized spacial score (nSPS) is 10.8. The lowest BCUT2D eigenvalue weighted by molar-refractivity contribution is 0.186. The molecule has 1 N–H and O–H groups in total. The number of rotatable bonds is 5. The Kier molecular flexibility index (Phi) is 4.22. The second-order valence-electron chi connectivity index (χ2n) is 3.90. The maximum Gasteiger partial charge on any atom is 0.195 e. The summed E-state index contributed by atoms with van der Waals surface area (Å²) in [4.78, 5) is 0. The van der Waals surface area contributed by atoms with E-state index in [2.05, 4.69) is 10.2 Å². The van der Waals surface area contributed by atoms with Gasteiger partial charge in [0.15, 0.2) is 4.77 Å². The average Bonchev–Trinajstić information content (AvgIpc) is 2.68. The van der Waals surface area contributed by atoms with Crippen LogP contribution >= 0.6 is 12.2 Å². The summed E-state index contributed by atoms with van der Waals surface area (Å²) in [6, 6.07) is 6.47. The highest BCUT2D eigenvalue weighted by Crippen LogP contribution is 2.09. The minimum atomic E-state index is -0.245. The molecule has 6 heteroatoms. The van der Waals surface area contributed by atoms with Crippen molar-refractivity contribution in [1.82, 2.24) is 14.8 Å². The Hall–Kier alpha value is -1.53. The first-order valence-corrected chi connectivity index (χ1v) is 5.99. The Labute approximate surface area is 109 Å². The van der Waals surface area contributed by atoms with Crippen LogP contribution in [-0.4, -0.2) is 28.5 Å². The summed E-state index contributed by atoms with van der Waals surface area (Å²) in [7, 11) is 1.63. The summed E-state index contributed by atoms with van der Waals surface area (Å²) in [5, 5.41) is 6.91. The number of benzene rings is 1. The standard InChI is InChI=1S/C12H14FN3OS/c1-17-6-5-16-11(14-15-12(16)18)8-9-3-2-4-10(13)7-9/h2-4,7H,5-6,8H2,1H3,(H,15,18). The molecule has 1 heterocycles. The summed E-state index contributed by atoms with van der Waals surface area (Å²) in [6.07, 6.45) is 0.536. The van der Waals surface area contributed by atoms with Gasteiger partial charge in [0.1, 0.15) is 11.6 Å². The van der Waals surface area contributed by atoms with Crippen molar-refractivity contribution < 1.29 is 9.13 Å². The Morgan fingerprint density at radius 1 is 1.50 bits per heavy atom. The van der Waals surface area contributed by atoms with E-state index in [1.54, 1.807) is 13.2 Å². The van der Waals surface area contributed by atoms with Gasteiger partial charge < -0.3 is 9.30 Å². The Morgan fingerprint density at radius 3 is 3.06 bits per heavy atom. The molecule has 0 amide bonds. The number of aromatic amines is 1. The monoisotopic (exact) mass is 267 g/mol. The first kappa shape index (κ1) is 12.9. The third-order valence-electron chi connectivity index (χ3n) is 2.61. The Balaban J connectivity index is 2.21. The van der Waals surface area contributed by atoms with Crippen LogP contribution in [0.4, 0.5) is 4.39 Å². The second kappa shape index (κ2) is 5.88. The molecule has 2 rings (SSSR count). The number of hydrogen-bond donors (Lipinski definition) is 1. The molecule has 0 aliphatic heterocycles. The van der Waals surface area contributed by atoms with E-state index in [0.29, 0.717) is 24.3 Å². The molecule has 0 bridgehead atoms. The predicted octanol–water partition coefficient (Wildman–Crippen LogP) is 2.32. The van der Waals surface area contributed by atoms with Crippen LogP contribution in [0.2, 0.25) is 0 Å². The molecule has 0 spiro atoms. The van der Waals surface area contributed by atoms with E-state index >= 15 is 0 Å². The Bertz CT molecular complexity index is 579. The number of halogens is 1. The number of ether oxygens (including phenoxy) is 1. The molecule has 0 saturated heterocycles. The molecule has 0 radical (unpaired) electrons. The highest BCUT2D eigenvalue weighted by molar-refractivity contribution is 7.71. The minimum absolute atomic E-state index is 0.245. The molecule has 0 atom stereocenters. The van der Waals surface area contributed by atoms with Gasteiger partial charge in [-0.05, 0) is 29.9 Å². The van der Waals surface area contributed by atoms with Gasteiger partial charge in [-0.2, -0.15) is 5.10 Å². The van der Waals surface area contributed by atoms with Crippen molar-refractivity contribution in [2.75, 3.05) is 13.7 Å². The van der Waals surface area contributed by atoms with Gasteiger partial charge in [0.25, 0.3) is 0 Å². The van der Waals surface area contributed by atoms with Crippen LogP contribution in [-0.2, 0) is 17.7 Å². The van der Waals surface area contributed by atoms with Gasteiger partial charge >= 0.3 is 0 Å². The zero-order valence-corrected chi connectivity index (χ0v) is 10.8. The van der Waals surface area contributed by atoms with Crippen LogP contribution in [0.25, 0.3) is 0 Å². The van der Waals surface area contributed by atoms with Crippen LogP contribution in [0.15, 0.2) is 24.3 Å². The van der Waals surface area contributed by atoms with Gasteiger partial charge in [0, 0.05) is 20.1 Å². The summed E-state index contributed by atoms with van der Waals surface area (Å²) >= 11 is 5.14. The van der Waals surface area contributed by atoms with Gasteiger partial charge in [-0.15, -0.1) is 0 Å². The van der Waals surface area contributed by atoms with Gasteiger partial charge in [-0.3, -0.25) is 5.10 Å². The minimum Gasteiger partial charge on any atom is -0.383 e. The van der Waals surface area contributed by atoms with E-state index in [9.17, 15) is 4.39 Å². The van der Waals surface area contributed by atoms with Gasteiger partial charge in [-0.1, -0.05) is 12.1 Å². The SMILES string of the molecule is COCCn1c(Cc2cccc(F)c2)n[nH]c1=S. The lowest BCUT2D eigenvalue weighted by atomic mass is 10.1. The smallest absolute Gasteiger partial charge is 0.195 e. The number of H-pyrrole nitrogens is 1. The third kappa shape index (κ3) is 3.02. The fourth-order valence-corrected chi connectivity index (χ4v) is 1.97. The topological polar surface area (TPSA) is 42.8 Å². The number of hydrogen-bond acceptors (Lipinski definition) is 3. The van der Waals surface area contributed by atoms with Crippen LogP contribution in [0.1, 0.15) is 11.4 Å². The maximum atomic E-state index is 13.1. The van der Waals surface area contributed by atoms with Gasteiger partial charge in [0.05, 0.1) is 6.61 Å². The molecule has 2 aromatic rings. The van der Waals surface area contributed by atoms with Crippen molar-refractivity contribution in [3.63, 3.8) is 0 Å². The van der Waals surface area contributed by atoms with E-state index in [-0.39, 0.29) is 5.82 Å². The lowest BCUT2D eigenvalue weighted by Crippen LogP contribution is -2.09.